The van der Waals surface area contributed by atoms with Gasteiger partial charge in [0.25, 0.3) is 0 Å². The molecule has 0 aliphatic rings. The van der Waals surface area contributed by atoms with Crippen LogP contribution in [0.15, 0.2) is 48.6 Å². The van der Waals surface area contributed by atoms with Gasteiger partial charge in [0.15, 0.2) is 6.10 Å². The topological polar surface area (TPSA) is 78.9 Å². The van der Waals surface area contributed by atoms with Gasteiger partial charge in [-0.25, -0.2) is 0 Å². The molecule has 0 saturated heterocycles. The number of hydrogen-bond donors (Lipinski definition) is 0. The van der Waals surface area contributed by atoms with E-state index in [0.717, 1.165) is 77.0 Å². The SMILES string of the molecule is CCCCC/C=C\C/C=C\CCCCCCCCCC(=O)OC[C@@H](COC(=O)CCCCCCC/C=C\CCCCCCCC)OC(=O)CCCCCCCCC/C=C\CCCCCCCC. The summed E-state index contributed by atoms with van der Waals surface area (Å²) < 4.78 is 16.9. The van der Waals surface area contributed by atoms with Gasteiger partial charge in [-0.05, 0) is 103 Å². The predicted molar refractivity (Wildman–Crippen MR) is 289 cm³/mol. The molecule has 0 aromatic heterocycles. The molecular weight excluding hydrogens is 829 g/mol. The smallest absolute Gasteiger partial charge is 0.306 e. The van der Waals surface area contributed by atoms with Crippen molar-refractivity contribution in [2.24, 2.45) is 0 Å². The first-order valence-electron chi connectivity index (χ1n) is 29.1. The van der Waals surface area contributed by atoms with Crippen LogP contribution in [0.25, 0.3) is 0 Å². The molecule has 0 fully saturated rings. The van der Waals surface area contributed by atoms with E-state index in [1.165, 1.54) is 186 Å². The summed E-state index contributed by atoms with van der Waals surface area (Å²) in [4.78, 5) is 38.2. The third-order valence-electron chi connectivity index (χ3n) is 12.8. The lowest BCUT2D eigenvalue weighted by Gasteiger charge is -2.18. The second-order valence-electron chi connectivity index (χ2n) is 19.5. The number of carbonyl (C=O) groups excluding carboxylic acids is 3. The zero-order chi connectivity index (χ0) is 48.6. The molecule has 0 bridgehead atoms. The van der Waals surface area contributed by atoms with Gasteiger partial charge in [0.05, 0.1) is 0 Å². The van der Waals surface area contributed by atoms with E-state index in [9.17, 15) is 14.4 Å². The van der Waals surface area contributed by atoms with Crippen molar-refractivity contribution in [2.45, 2.75) is 309 Å². The van der Waals surface area contributed by atoms with Gasteiger partial charge in [0, 0.05) is 19.3 Å². The Morgan fingerprint density at radius 2 is 0.537 bits per heavy atom. The molecule has 6 nitrogen and oxygen atoms in total. The fraction of sp³-hybridized carbons (Fsp3) is 0.820. The summed E-state index contributed by atoms with van der Waals surface area (Å²) in [6.07, 6.45) is 68.1. The summed E-state index contributed by atoms with van der Waals surface area (Å²) in [5.74, 6) is -0.887. The van der Waals surface area contributed by atoms with Crippen molar-refractivity contribution in [3.63, 3.8) is 0 Å². The molecule has 0 spiro atoms. The van der Waals surface area contributed by atoms with Crippen LogP contribution in [-0.4, -0.2) is 37.2 Å². The zero-order valence-electron chi connectivity index (χ0n) is 44.7. The van der Waals surface area contributed by atoms with Gasteiger partial charge in [-0.1, -0.05) is 230 Å². The number of rotatable bonds is 53. The number of hydrogen-bond acceptors (Lipinski definition) is 6. The van der Waals surface area contributed by atoms with Gasteiger partial charge in [0.1, 0.15) is 13.2 Å². The van der Waals surface area contributed by atoms with Crippen molar-refractivity contribution < 1.29 is 28.6 Å². The summed E-state index contributed by atoms with van der Waals surface area (Å²) in [5, 5.41) is 0. The molecule has 0 rings (SSSR count). The lowest BCUT2D eigenvalue weighted by molar-refractivity contribution is -0.167. The fourth-order valence-corrected chi connectivity index (χ4v) is 8.35. The van der Waals surface area contributed by atoms with E-state index in [4.69, 9.17) is 14.2 Å². The van der Waals surface area contributed by atoms with Crippen LogP contribution >= 0.6 is 0 Å². The maximum atomic E-state index is 12.9. The van der Waals surface area contributed by atoms with E-state index in [-0.39, 0.29) is 31.1 Å². The van der Waals surface area contributed by atoms with Gasteiger partial charge in [-0.15, -0.1) is 0 Å². The molecule has 67 heavy (non-hydrogen) atoms. The highest BCUT2D eigenvalue weighted by Gasteiger charge is 2.19. The van der Waals surface area contributed by atoms with Crippen molar-refractivity contribution in [2.75, 3.05) is 13.2 Å². The Labute approximate surface area is 416 Å². The first kappa shape index (κ1) is 64.4. The fourth-order valence-electron chi connectivity index (χ4n) is 8.35. The number of ether oxygens (including phenoxy) is 3. The van der Waals surface area contributed by atoms with E-state index in [0.29, 0.717) is 19.3 Å². The first-order chi connectivity index (χ1) is 33.0. The molecule has 0 aliphatic carbocycles. The van der Waals surface area contributed by atoms with E-state index < -0.39 is 6.10 Å². The second-order valence-corrected chi connectivity index (χ2v) is 19.5. The van der Waals surface area contributed by atoms with Crippen LogP contribution in [-0.2, 0) is 28.6 Å². The van der Waals surface area contributed by atoms with E-state index >= 15 is 0 Å². The molecule has 0 aromatic carbocycles. The van der Waals surface area contributed by atoms with Crippen LogP contribution in [0.1, 0.15) is 303 Å². The molecule has 1 atom stereocenters. The van der Waals surface area contributed by atoms with Crippen molar-refractivity contribution in [3.8, 4) is 0 Å². The largest absolute Gasteiger partial charge is 0.462 e. The number of unbranched alkanes of at least 4 members (excludes halogenated alkanes) is 34. The van der Waals surface area contributed by atoms with E-state index in [1.54, 1.807) is 0 Å². The average molecular weight is 940 g/mol. The molecule has 0 radical (unpaired) electrons. The predicted octanol–water partition coefficient (Wildman–Crippen LogP) is 19.4. The Morgan fingerprint density at radius 3 is 0.866 bits per heavy atom. The summed E-state index contributed by atoms with van der Waals surface area (Å²) in [6, 6.07) is 0. The zero-order valence-corrected chi connectivity index (χ0v) is 44.7. The van der Waals surface area contributed by atoms with Crippen LogP contribution in [0.3, 0.4) is 0 Å². The standard InChI is InChI=1S/C61H110O6/c1-4-7-10-13-16-19-22-25-28-30-33-36-39-42-45-48-51-54-60(63)66-57-58(56-65-59(62)53-50-47-44-41-38-35-32-27-24-21-18-15-12-9-6-3)67-61(64)55-52-49-46-43-40-37-34-31-29-26-23-20-17-14-11-8-5-2/h16,19,25-29,32,58H,4-15,17-18,20-24,30-31,33-57H2,1-3H3/b19-16-,28-25-,29-26-,32-27-/t58-/m1/s1. The van der Waals surface area contributed by atoms with E-state index in [1.807, 2.05) is 0 Å². The van der Waals surface area contributed by atoms with Crippen LogP contribution in [0.2, 0.25) is 0 Å². The Kier molecular flexibility index (Phi) is 53.8. The molecule has 0 aliphatic heterocycles. The number of esters is 3. The maximum absolute atomic E-state index is 12.9. The minimum Gasteiger partial charge on any atom is -0.462 e. The lowest BCUT2D eigenvalue weighted by atomic mass is 10.1. The highest BCUT2D eigenvalue weighted by atomic mass is 16.6. The molecule has 6 heteroatoms. The highest BCUT2D eigenvalue weighted by molar-refractivity contribution is 5.71. The van der Waals surface area contributed by atoms with Gasteiger partial charge < -0.3 is 14.2 Å². The van der Waals surface area contributed by atoms with Crippen molar-refractivity contribution in [1.82, 2.24) is 0 Å². The summed E-state index contributed by atoms with van der Waals surface area (Å²) in [6.45, 7) is 6.62. The van der Waals surface area contributed by atoms with Crippen LogP contribution in [0, 0.1) is 0 Å². The quantitative estimate of drug-likeness (QED) is 0.0262. The molecule has 0 saturated carbocycles. The van der Waals surface area contributed by atoms with Crippen LogP contribution < -0.4 is 0 Å². The molecule has 0 amide bonds. The van der Waals surface area contributed by atoms with E-state index in [2.05, 4.69) is 69.4 Å². The average Bonchev–Trinajstić information content (AvgIpc) is 3.33. The van der Waals surface area contributed by atoms with Gasteiger partial charge in [-0.2, -0.15) is 0 Å². The minimum atomic E-state index is -0.781. The Hall–Kier alpha value is -2.63. The molecular formula is C61H110O6. The monoisotopic (exact) mass is 939 g/mol. The summed E-state index contributed by atoms with van der Waals surface area (Å²) in [7, 11) is 0. The van der Waals surface area contributed by atoms with Gasteiger partial charge >= 0.3 is 17.9 Å². The van der Waals surface area contributed by atoms with Crippen molar-refractivity contribution in [3.05, 3.63) is 48.6 Å². The Balaban J connectivity index is 4.39. The molecule has 0 N–H and O–H groups in total. The lowest BCUT2D eigenvalue weighted by Crippen LogP contribution is -2.30. The van der Waals surface area contributed by atoms with Crippen molar-refractivity contribution in [1.29, 1.82) is 0 Å². The third-order valence-corrected chi connectivity index (χ3v) is 12.8. The molecule has 0 unspecified atom stereocenters. The molecule has 0 heterocycles. The van der Waals surface area contributed by atoms with Crippen molar-refractivity contribution >= 4 is 17.9 Å². The van der Waals surface area contributed by atoms with Crippen LogP contribution in [0.4, 0.5) is 0 Å². The Morgan fingerprint density at radius 1 is 0.299 bits per heavy atom. The van der Waals surface area contributed by atoms with Gasteiger partial charge in [-0.3, -0.25) is 14.4 Å². The van der Waals surface area contributed by atoms with Crippen LogP contribution in [0.5, 0.6) is 0 Å². The highest BCUT2D eigenvalue weighted by Crippen LogP contribution is 2.15. The molecule has 0 aromatic rings. The van der Waals surface area contributed by atoms with Gasteiger partial charge in [0.2, 0.25) is 0 Å². The number of carbonyl (C=O) groups is 3. The number of allylic oxidation sites excluding steroid dienone is 8. The summed E-state index contributed by atoms with van der Waals surface area (Å²) in [5.41, 5.74) is 0. The maximum Gasteiger partial charge on any atom is 0.306 e. The second kappa shape index (κ2) is 56.0. The minimum absolute atomic E-state index is 0.0802. The normalized spacial score (nSPS) is 12.3. The summed E-state index contributed by atoms with van der Waals surface area (Å²) >= 11 is 0. The Bertz CT molecular complexity index is 1170. The molecule has 390 valence electrons. The first-order valence-corrected chi connectivity index (χ1v) is 29.1. The third kappa shape index (κ3) is 54.2.